The molecule has 0 saturated carbocycles. The number of halogens is 2. The first-order chi connectivity index (χ1) is 12.0. The number of hydrazone groups is 1. The number of nitrogens with zero attached hydrogens (tertiary/aromatic N) is 6. The van der Waals surface area contributed by atoms with Crippen molar-refractivity contribution in [1.82, 2.24) is 30.7 Å². The third kappa shape index (κ3) is 3.38. The monoisotopic (exact) mass is 408 g/mol. The van der Waals surface area contributed by atoms with Gasteiger partial charge in [0.2, 0.25) is 11.6 Å². The number of aromatic nitrogens is 5. The van der Waals surface area contributed by atoms with Crippen molar-refractivity contribution in [3.63, 3.8) is 0 Å². The van der Waals surface area contributed by atoms with Gasteiger partial charge in [-0.25, -0.2) is 14.4 Å². The predicted molar refractivity (Wildman–Crippen MR) is 87.5 cm³/mol. The van der Waals surface area contributed by atoms with Crippen LogP contribution in [0.4, 0.5) is 10.2 Å². The van der Waals surface area contributed by atoms with E-state index in [1.165, 1.54) is 23.0 Å². The van der Waals surface area contributed by atoms with Crippen molar-refractivity contribution >= 4 is 33.9 Å². The van der Waals surface area contributed by atoms with Crippen LogP contribution in [0.5, 0.6) is 0 Å². The molecule has 0 saturated heterocycles. The highest BCUT2D eigenvalue weighted by molar-refractivity contribution is 9.10. The Kier molecular flexibility index (Phi) is 4.52. The van der Waals surface area contributed by atoms with Crippen molar-refractivity contribution in [2.75, 3.05) is 5.73 Å². The normalized spacial score (nSPS) is 11.2. The van der Waals surface area contributed by atoms with E-state index in [2.05, 4.69) is 51.7 Å². The Balaban J connectivity index is 1.76. The van der Waals surface area contributed by atoms with E-state index in [4.69, 9.17) is 5.73 Å². The molecule has 0 spiro atoms. The van der Waals surface area contributed by atoms with Crippen LogP contribution in [0.15, 0.2) is 32.4 Å². The Labute approximate surface area is 148 Å². The van der Waals surface area contributed by atoms with E-state index in [1.54, 1.807) is 13.0 Å². The molecule has 0 bridgehead atoms. The Morgan fingerprint density at radius 1 is 1.48 bits per heavy atom. The van der Waals surface area contributed by atoms with Gasteiger partial charge in [0.15, 0.2) is 5.69 Å². The molecule has 1 aromatic carbocycles. The third-order valence-corrected chi connectivity index (χ3v) is 3.63. The lowest BCUT2D eigenvalue weighted by Gasteiger charge is -2.00. The van der Waals surface area contributed by atoms with Crippen LogP contribution in [0.2, 0.25) is 0 Å². The molecule has 0 aliphatic carbocycles. The number of benzene rings is 1. The van der Waals surface area contributed by atoms with E-state index in [-0.39, 0.29) is 22.9 Å². The number of nitrogens with one attached hydrogen (secondary N) is 1. The summed E-state index contributed by atoms with van der Waals surface area (Å²) >= 11 is 3.23. The first-order valence-corrected chi connectivity index (χ1v) is 7.56. The Morgan fingerprint density at radius 3 is 3.00 bits per heavy atom. The predicted octanol–water partition coefficient (Wildman–Crippen LogP) is 1.21. The van der Waals surface area contributed by atoms with Gasteiger partial charge in [0.25, 0.3) is 5.91 Å². The van der Waals surface area contributed by atoms with Crippen molar-refractivity contribution in [1.29, 1.82) is 0 Å². The molecule has 10 nitrogen and oxygen atoms in total. The van der Waals surface area contributed by atoms with E-state index in [9.17, 15) is 9.18 Å². The molecule has 0 aliphatic heterocycles. The fraction of sp³-hybridized carbons (Fsp3) is 0.0769. The average molecular weight is 409 g/mol. The van der Waals surface area contributed by atoms with Crippen molar-refractivity contribution in [2.45, 2.75) is 6.92 Å². The average Bonchev–Trinajstić information content (AvgIpc) is 3.16. The van der Waals surface area contributed by atoms with Crippen LogP contribution < -0.4 is 11.2 Å². The summed E-state index contributed by atoms with van der Waals surface area (Å²) in [6.07, 6.45) is 1.18. The number of nitrogens with two attached hydrogens (primary N) is 1. The highest BCUT2D eigenvalue weighted by Crippen LogP contribution is 2.15. The molecule has 25 heavy (non-hydrogen) atoms. The minimum Gasteiger partial charge on any atom is -0.378 e. The summed E-state index contributed by atoms with van der Waals surface area (Å²) in [6.45, 7) is 1.58. The van der Waals surface area contributed by atoms with Gasteiger partial charge < -0.3 is 5.73 Å². The van der Waals surface area contributed by atoms with E-state index < -0.39 is 11.7 Å². The lowest BCUT2D eigenvalue weighted by molar-refractivity contribution is 0.0949. The van der Waals surface area contributed by atoms with Gasteiger partial charge in [0.1, 0.15) is 5.82 Å². The van der Waals surface area contributed by atoms with Gasteiger partial charge in [-0.1, -0.05) is 21.1 Å². The van der Waals surface area contributed by atoms with Crippen molar-refractivity contribution < 1.29 is 13.8 Å². The van der Waals surface area contributed by atoms with Gasteiger partial charge >= 0.3 is 0 Å². The fourth-order valence-electron chi connectivity index (χ4n) is 1.90. The van der Waals surface area contributed by atoms with E-state index in [0.717, 1.165) is 0 Å². The molecule has 3 N–H and O–H groups in total. The molecule has 1 amide bonds. The number of hydrogen-bond donors (Lipinski definition) is 2. The first-order valence-electron chi connectivity index (χ1n) is 6.76. The van der Waals surface area contributed by atoms with Crippen molar-refractivity contribution in [3.05, 3.63) is 45.4 Å². The zero-order chi connectivity index (χ0) is 18.0. The second kappa shape index (κ2) is 6.76. The van der Waals surface area contributed by atoms with Gasteiger partial charge in [-0.05, 0) is 35.4 Å². The van der Waals surface area contributed by atoms with Crippen LogP contribution in [0, 0.1) is 12.7 Å². The Morgan fingerprint density at radius 2 is 2.28 bits per heavy atom. The maximum absolute atomic E-state index is 13.6. The molecule has 3 aromatic rings. The molecule has 12 heteroatoms. The zero-order valence-corrected chi connectivity index (χ0v) is 14.2. The van der Waals surface area contributed by atoms with Crippen LogP contribution in [0.3, 0.4) is 0 Å². The SMILES string of the molecule is Cc1c(C(=O)N/N=C\c2cc(Br)ccc2F)nnn1-c1nonc1N. The Bertz CT molecular complexity index is 967. The molecule has 2 heterocycles. The smallest absolute Gasteiger partial charge is 0.293 e. The molecule has 3 rings (SSSR count). The highest BCUT2D eigenvalue weighted by Gasteiger charge is 2.20. The molecule has 0 atom stereocenters. The summed E-state index contributed by atoms with van der Waals surface area (Å²) in [5, 5.41) is 18.3. The van der Waals surface area contributed by atoms with Crippen molar-refractivity contribution in [2.24, 2.45) is 5.10 Å². The lowest BCUT2D eigenvalue weighted by atomic mass is 10.2. The number of anilines is 1. The van der Waals surface area contributed by atoms with Gasteiger partial charge in [-0.15, -0.1) is 5.10 Å². The van der Waals surface area contributed by atoms with Crippen molar-refractivity contribution in [3.8, 4) is 5.82 Å². The Hall–Kier alpha value is -3.15. The molecule has 0 radical (unpaired) electrons. The third-order valence-electron chi connectivity index (χ3n) is 3.13. The van der Waals surface area contributed by atoms with E-state index in [1.807, 2.05) is 0 Å². The maximum Gasteiger partial charge on any atom is 0.293 e. The number of hydrogen-bond acceptors (Lipinski definition) is 8. The molecule has 0 fully saturated rings. The number of carbonyl (C=O) groups excluding carboxylic acids is 1. The van der Waals surface area contributed by atoms with Gasteiger partial charge in [-0.2, -0.15) is 9.78 Å². The number of rotatable bonds is 4. The fourth-order valence-corrected chi connectivity index (χ4v) is 2.28. The quantitative estimate of drug-likeness (QED) is 0.488. The first kappa shape index (κ1) is 16.7. The summed E-state index contributed by atoms with van der Waals surface area (Å²) < 4.78 is 20.0. The summed E-state index contributed by atoms with van der Waals surface area (Å²) in [4.78, 5) is 12.1. The van der Waals surface area contributed by atoms with Gasteiger partial charge in [0.05, 0.1) is 11.9 Å². The molecule has 0 unspecified atom stereocenters. The second-order valence-electron chi connectivity index (χ2n) is 4.77. The van der Waals surface area contributed by atoms with Crippen LogP contribution >= 0.6 is 15.9 Å². The lowest BCUT2D eigenvalue weighted by Crippen LogP contribution is -2.19. The van der Waals surface area contributed by atoms with Crippen LogP contribution in [-0.4, -0.2) is 37.4 Å². The maximum atomic E-state index is 13.6. The summed E-state index contributed by atoms with van der Waals surface area (Å²) in [6, 6.07) is 4.35. The minimum atomic E-state index is -0.634. The number of nitrogen functional groups attached to an aromatic ring is 1. The topological polar surface area (TPSA) is 137 Å². The number of amides is 1. The minimum absolute atomic E-state index is 0.00288. The van der Waals surface area contributed by atoms with E-state index in [0.29, 0.717) is 10.2 Å². The van der Waals surface area contributed by atoms with E-state index >= 15 is 0 Å². The molecule has 0 aliphatic rings. The summed E-state index contributed by atoms with van der Waals surface area (Å²) in [7, 11) is 0. The standard InChI is InChI=1S/C13H10BrFN8O2/c1-6-10(18-22-23(6)12-11(16)20-25-21-12)13(24)19-17-5-7-4-8(14)2-3-9(7)15/h2-5H,1H3,(H2,16,20)(H,19,24)/b17-5-. The zero-order valence-electron chi connectivity index (χ0n) is 12.6. The van der Waals surface area contributed by atoms with Gasteiger partial charge in [0, 0.05) is 10.0 Å². The molecule has 128 valence electrons. The second-order valence-corrected chi connectivity index (χ2v) is 5.69. The van der Waals surface area contributed by atoms with Crippen LogP contribution in [0.25, 0.3) is 5.82 Å². The summed E-state index contributed by atoms with van der Waals surface area (Å²) in [5.41, 5.74) is 8.38. The molecular formula is C13H10BrFN8O2. The summed E-state index contributed by atoms with van der Waals surface area (Å²) in [5.74, 6) is -0.991. The highest BCUT2D eigenvalue weighted by atomic mass is 79.9. The van der Waals surface area contributed by atoms with Crippen LogP contribution in [0.1, 0.15) is 21.7 Å². The van der Waals surface area contributed by atoms with Crippen LogP contribution in [-0.2, 0) is 0 Å². The molecular weight excluding hydrogens is 399 g/mol. The van der Waals surface area contributed by atoms with Gasteiger partial charge in [-0.3, -0.25) is 4.79 Å². The largest absolute Gasteiger partial charge is 0.378 e. The molecule has 2 aromatic heterocycles. The number of carbonyl (C=O) groups is 1.